The quantitative estimate of drug-likeness (QED) is 0.745. The Morgan fingerprint density at radius 2 is 2.27 bits per heavy atom. The first-order valence-corrected chi connectivity index (χ1v) is 8.11. The SMILES string of the molecule is COC(=O)C1(c2ccc(Cl)cc2F)C=C(C)C=NC1OCc1cnoc1. The molecule has 1 aliphatic heterocycles. The molecule has 2 aromatic rings. The van der Waals surface area contributed by atoms with Gasteiger partial charge >= 0.3 is 5.97 Å². The number of rotatable bonds is 5. The van der Waals surface area contributed by atoms with Gasteiger partial charge in [-0.25, -0.2) is 4.39 Å². The number of aromatic nitrogens is 1. The highest BCUT2D eigenvalue weighted by Gasteiger charge is 2.50. The molecule has 1 aromatic carbocycles. The summed E-state index contributed by atoms with van der Waals surface area (Å²) in [4.78, 5) is 17.1. The van der Waals surface area contributed by atoms with Gasteiger partial charge in [-0.15, -0.1) is 0 Å². The first kappa shape index (κ1) is 18.3. The first-order chi connectivity index (χ1) is 12.5. The van der Waals surface area contributed by atoms with Gasteiger partial charge in [0.25, 0.3) is 0 Å². The van der Waals surface area contributed by atoms with Crippen molar-refractivity contribution in [2.75, 3.05) is 7.11 Å². The Morgan fingerprint density at radius 3 is 2.92 bits per heavy atom. The van der Waals surface area contributed by atoms with Crippen LogP contribution in [0.3, 0.4) is 0 Å². The molecule has 1 aromatic heterocycles. The molecule has 0 fully saturated rings. The minimum Gasteiger partial charge on any atom is -0.468 e. The van der Waals surface area contributed by atoms with Crippen molar-refractivity contribution in [1.82, 2.24) is 5.16 Å². The molecular weight excluding hydrogens is 363 g/mol. The molecule has 0 aliphatic carbocycles. The maximum atomic E-state index is 14.7. The van der Waals surface area contributed by atoms with Crippen molar-refractivity contribution in [3.05, 3.63) is 64.3 Å². The van der Waals surface area contributed by atoms with Gasteiger partial charge in [0, 0.05) is 22.4 Å². The zero-order valence-electron chi connectivity index (χ0n) is 14.1. The van der Waals surface area contributed by atoms with Gasteiger partial charge in [-0.3, -0.25) is 9.79 Å². The molecule has 2 unspecified atom stereocenters. The van der Waals surface area contributed by atoms with Crippen molar-refractivity contribution in [1.29, 1.82) is 0 Å². The van der Waals surface area contributed by atoms with E-state index in [2.05, 4.69) is 10.1 Å². The lowest BCUT2D eigenvalue weighted by Gasteiger charge is -2.36. The third-order valence-corrected chi connectivity index (χ3v) is 4.28. The van der Waals surface area contributed by atoms with E-state index < -0.39 is 23.4 Å². The molecule has 0 amide bonds. The third kappa shape index (κ3) is 3.27. The fraction of sp³-hybridized carbons (Fsp3) is 0.278. The van der Waals surface area contributed by atoms with Crippen LogP contribution in [0.1, 0.15) is 18.1 Å². The summed E-state index contributed by atoms with van der Waals surface area (Å²) in [5.74, 6) is -1.34. The minimum atomic E-state index is -1.58. The summed E-state index contributed by atoms with van der Waals surface area (Å²) in [7, 11) is 1.23. The Hall–Kier alpha value is -2.51. The zero-order valence-corrected chi connectivity index (χ0v) is 14.9. The molecule has 0 bridgehead atoms. The summed E-state index contributed by atoms with van der Waals surface area (Å²) in [6, 6.07) is 4.08. The number of methoxy groups -OCH3 is 1. The summed E-state index contributed by atoms with van der Waals surface area (Å²) >= 11 is 5.86. The van der Waals surface area contributed by atoms with Crippen LogP contribution in [0.15, 0.2) is 51.8 Å². The highest BCUT2D eigenvalue weighted by atomic mass is 35.5. The number of hydrogen-bond acceptors (Lipinski definition) is 6. The molecule has 0 N–H and O–H groups in total. The van der Waals surface area contributed by atoms with E-state index in [1.165, 1.54) is 31.7 Å². The van der Waals surface area contributed by atoms with Gasteiger partial charge in [0.1, 0.15) is 12.1 Å². The smallest absolute Gasteiger partial charge is 0.325 e. The zero-order chi connectivity index (χ0) is 18.7. The largest absolute Gasteiger partial charge is 0.468 e. The number of allylic oxidation sites excluding steroid dienone is 1. The van der Waals surface area contributed by atoms with E-state index in [0.717, 1.165) is 6.07 Å². The van der Waals surface area contributed by atoms with Crippen LogP contribution in [-0.4, -0.2) is 30.7 Å². The number of ether oxygens (including phenoxy) is 2. The number of halogens is 2. The van der Waals surface area contributed by atoms with E-state index in [4.69, 9.17) is 25.6 Å². The second kappa shape index (κ2) is 7.39. The monoisotopic (exact) mass is 378 g/mol. The fourth-order valence-corrected chi connectivity index (χ4v) is 3.05. The number of hydrogen-bond donors (Lipinski definition) is 0. The molecular formula is C18H16ClFN2O4. The molecule has 136 valence electrons. The van der Waals surface area contributed by atoms with Crippen molar-refractivity contribution in [3.63, 3.8) is 0 Å². The van der Waals surface area contributed by atoms with Gasteiger partial charge in [-0.05, 0) is 24.6 Å². The summed E-state index contributed by atoms with van der Waals surface area (Å²) < 4.78 is 30.3. The van der Waals surface area contributed by atoms with E-state index in [1.807, 2.05) is 0 Å². The number of benzene rings is 1. The van der Waals surface area contributed by atoms with Crippen LogP contribution in [0.25, 0.3) is 0 Å². The second-order valence-corrected chi connectivity index (χ2v) is 6.28. The van der Waals surface area contributed by atoms with E-state index in [1.54, 1.807) is 19.2 Å². The third-order valence-electron chi connectivity index (χ3n) is 4.05. The average molecular weight is 379 g/mol. The van der Waals surface area contributed by atoms with Crippen molar-refractivity contribution in [2.45, 2.75) is 25.2 Å². The highest BCUT2D eigenvalue weighted by molar-refractivity contribution is 6.30. The van der Waals surface area contributed by atoms with Crippen molar-refractivity contribution >= 4 is 23.8 Å². The molecule has 2 atom stereocenters. The average Bonchev–Trinajstić information content (AvgIpc) is 3.13. The molecule has 3 rings (SSSR count). The van der Waals surface area contributed by atoms with E-state index in [-0.39, 0.29) is 17.2 Å². The predicted octanol–water partition coefficient (Wildman–Crippen LogP) is 3.45. The lowest BCUT2D eigenvalue weighted by Crippen LogP contribution is -2.48. The van der Waals surface area contributed by atoms with E-state index in [9.17, 15) is 9.18 Å². The van der Waals surface area contributed by atoms with Gasteiger partial charge in [-0.2, -0.15) is 0 Å². The maximum Gasteiger partial charge on any atom is 0.325 e. The molecule has 26 heavy (non-hydrogen) atoms. The molecule has 1 aliphatic rings. The minimum absolute atomic E-state index is 0.0697. The maximum absolute atomic E-state index is 14.7. The Morgan fingerprint density at radius 1 is 1.46 bits per heavy atom. The second-order valence-electron chi connectivity index (χ2n) is 5.85. The number of carbonyl (C=O) groups is 1. The Balaban J connectivity index is 2.08. The van der Waals surface area contributed by atoms with Crippen LogP contribution >= 0.6 is 11.6 Å². The van der Waals surface area contributed by atoms with Crippen molar-refractivity contribution < 1.29 is 23.2 Å². The van der Waals surface area contributed by atoms with E-state index in [0.29, 0.717) is 11.1 Å². The van der Waals surface area contributed by atoms with Crippen molar-refractivity contribution in [3.8, 4) is 0 Å². The number of esters is 1. The van der Waals surface area contributed by atoms with E-state index >= 15 is 0 Å². The van der Waals surface area contributed by atoms with Crippen LogP contribution in [0, 0.1) is 5.82 Å². The predicted molar refractivity (Wildman–Crippen MR) is 92.4 cm³/mol. The molecule has 6 nitrogen and oxygen atoms in total. The Bertz CT molecular complexity index is 866. The molecule has 2 heterocycles. The van der Waals surface area contributed by atoms with Gasteiger partial charge in [0.15, 0.2) is 11.6 Å². The van der Waals surface area contributed by atoms with Gasteiger partial charge < -0.3 is 14.0 Å². The fourth-order valence-electron chi connectivity index (χ4n) is 2.89. The number of nitrogens with zero attached hydrogens (tertiary/aromatic N) is 2. The summed E-state index contributed by atoms with van der Waals surface area (Å²) in [6.45, 7) is 1.83. The standard InChI is InChI=1S/C18H16ClFN2O4/c1-11-6-18(17(23)24-2,14-4-3-13(19)5-15(14)20)16(21-7-11)25-9-12-8-22-26-10-12/h3-8,10,16H,9H2,1-2H3. The highest BCUT2D eigenvalue weighted by Crippen LogP contribution is 2.39. The summed E-state index contributed by atoms with van der Waals surface area (Å²) in [5.41, 5.74) is -0.184. The summed E-state index contributed by atoms with van der Waals surface area (Å²) in [6.07, 6.45) is 5.01. The first-order valence-electron chi connectivity index (χ1n) is 7.74. The normalized spacial score (nSPS) is 22.2. The number of dihydropyridines is 1. The molecule has 0 saturated carbocycles. The molecule has 0 radical (unpaired) electrons. The number of carbonyl (C=O) groups excluding carboxylic acids is 1. The lowest BCUT2D eigenvalue weighted by molar-refractivity contribution is -0.152. The van der Waals surface area contributed by atoms with Crippen molar-refractivity contribution in [2.24, 2.45) is 4.99 Å². The van der Waals surface area contributed by atoms with Crippen LogP contribution < -0.4 is 0 Å². The molecule has 0 saturated heterocycles. The Labute approximate surface area is 154 Å². The molecule has 8 heteroatoms. The lowest BCUT2D eigenvalue weighted by atomic mass is 9.75. The topological polar surface area (TPSA) is 73.9 Å². The Kier molecular flexibility index (Phi) is 5.20. The number of aliphatic imine (C=N–C) groups is 1. The van der Waals surface area contributed by atoms with Crippen LogP contribution in [-0.2, 0) is 26.3 Å². The van der Waals surface area contributed by atoms with Crippen LogP contribution in [0.4, 0.5) is 4.39 Å². The van der Waals surface area contributed by atoms with Crippen LogP contribution in [0.5, 0.6) is 0 Å². The molecule has 0 spiro atoms. The van der Waals surface area contributed by atoms with Gasteiger partial charge in [0.05, 0.1) is 19.9 Å². The van der Waals surface area contributed by atoms with Crippen LogP contribution in [0.2, 0.25) is 5.02 Å². The van der Waals surface area contributed by atoms with Gasteiger partial charge in [0.2, 0.25) is 0 Å². The van der Waals surface area contributed by atoms with Gasteiger partial charge in [-0.1, -0.05) is 28.9 Å². The summed E-state index contributed by atoms with van der Waals surface area (Å²) in [5, 5.41) is 3.81.